The molecular formula is C19H19ClF3N3O3. The smallest absolute Gasteiger partial charge is 0.435 e. The highest BCUT2D eigenvalue weighted by molar-refractivity contribution is 6.30. The number of Topliss-reactive ketones (excluding diaryl/α,β-unsaturated/α-hetero) is 1. The lowest BCUT2D eigenvalue weighted by Gasteiger charge is -2.27. The van der Waals surface area contributed by atoms with Crippen molar-refractivity contribution in [2.75, 3.05) is 13.7 Å². The van der Waals surface area contributed by atoms with E-state index in [-0.39, 0.29) is 49.7 Å². The van der Waals surface area contributed by atoms with Crippen LogP contribution in [0, 0.1) is 0 Å². The maximum Gasteiger partial charge on any atom is 0.435 e. The molecule has 0 saturated heterocycles. The Balaban J connectivity index is 1.87. The van der Waals surface area contributed by atoms with Crippen molar-refractivity contribution in [2.45, 2.75) is 39.0 Å². The predicted octanol–water partition coefficient (Wildman–Crippen LogP) is 3.28. The van der Waals surface area contributed by atoms with Gasteiger partial charge in [0.25, 0.3) is 0 Å². The summed E-state index contributed by atoms with van der Waals surface area (Å²) in [6, 6.07) is 4.83. The van der Waals surface area contributed by atoms with Gasteiger partial charge in [-0.2, -0.15) is 18.3 Å². The van der Waals surface area contributed by atoms with Gasteiger partial charge in [0.05, 0.1) is 7.11 Å². The number of ether oxygens (including phenoxy) is 1. The Morgan fingerprint density at radius 2 is 2.03 bits per heavy atom. The number of nitrogens with zero attached hydrogens (tertiary/aromatic N) is 3. The molecule has 0 radical (unpaired) electrons. The van der Waals surface area contributed by atoms with Gasteiger partial charge in [-0.1, -0.05) is 11.6 Å². The lowest BCUT2D eigenvalue weighted by Crippen LogP contribution is -2.35. The third kappa shape index (κ3) is 4.55. The average Bonchev–Trinajstić information content (AvgIpc) is 3.00. The number of carbonyl (C=O) groups excluding carboxylic acids is 2. The fraction of sp³-hybridized carbons (Fsp3) is 0.421. The molecule has 0 atom stereocenters. The van der Waals surface area contributed by atoms with Crippen molar-refractivity contribution < 1.29 is 27.5 Å². The van der Waals surface area contributed by atoms with Crippen molar-refractivity contribution >= 4 is 23.3 Å². The molecule has 29 heavy (non-hydrogen) atoms. The second kappa shape index (κ2) is 8.06. The van der Waals surface area contributed by atoms with Crippen LogP contribution in [0.25, 0.3) is 0 Å². The van der Waals surface area contributed by atoms with Crippen LogP contribution in [0.1, 0.15) is 29.4 Å². The molecule has 2 heterocycles. The first kappa shape index (κ1) is 21.2. The third-order valence-electron chi connectivity index (χ3n) is 4.80. The minimum absolute atomic E-state index is 0.0490. The van der Waals surface area contributed by atoms with Crippen LogP contribution in [0.15, 0.2) is 18.2 Å². The second-order valence-electron chi connectivity index (χ2n) is 6.79. The number of benzene rings is 1. The summed E-state index contributed by atoms with van der Waals surface area (Å²) in [5.74, 6) is -0.169. The topological polar surface area (TPSA) is 64.4 Å². The van der Waals surface area contributed by atoms with E-state index in [0.717, 1.165) is 4.68 Å². The minimum atomic E-state index is -4.67. The molecule has 1 aromatic carbocycles. The zero-order valence-corrected chi connectivity index (χ0v) is 16.6. The number of aromatic nitrogens is 2. The van der Waals surface area contributed by atoms with E-state index in [1.807, 2.05) is 0 Å². The molecule has 0 unspecified atom stereocenters. The molecule has 0 N–H and O–H groups in total. The minimum Gasteiger partial charge on any atom is -0.496 e. The van der Waals surface area contributed by atoms with Crippen LogP contribution >= 0.6 is 11.6 Å². The quantitative estimate of drug-likeness (QED) is 0.731. The van der Waals surface area contributed by atoms with Crippen molar-refractivity contribution in [3.05, 3.63) is 45.7 Å². The molecule has 0 saturated carbocycles. The molecule has 10 heteroatoms. The van der Waals surface area contributed by atoms with E-state index in [1.165, 1.54) is 18.9 Å². The standard InChI is InChI=1S/C19H19ClF3N3O3/c1-11(27)25-6-5-16-15(10-25)18(19(21,22)23)24-26(16)9-14(28)8-12-7-13(20)3-4-17(12)29-2/h3-4,7H,5-6,8-10H2,1-2H3. The fourth-order valence-electron chi connectivity index (χ4n) is 3.44. The number of halogens is 4. The first-order valence-corrected chi connectivity index (χ1v) is 9.23. The molecule has 1 amide bonds. The second-order valence-corrected chi connectivity index (χ2v) is 7.23. The van der Waals surface area contributed by atoms with Crippen molar-refractivity contribution in [2.24, 2.45) is 0 Å². The monoisotopic (exact) mass is 429 g/mol. The highest BCUT2D eigenvalue weighted by atomic mass is 35.5. The number of fused-ring (bicyclic) bond motifs is 1. The predicted molar refractivity (Wildman–Crippen MR) is 98.7 cm³/mol. The normalized spacial score (nSPS) is 13.9. The van der Waals surface area contributed by atoms with Gasteiger partial charge in [-0.15, -0.1) is 0 Å². The van der Waals surface area contributed by atoms with E-state index in [2.05, 4.69) is 5.10 Å². The van der Waals surface area contributed by atoms with Gasteiger partial charge in [0, 0.05) is 54.7 Å². The lowest BCUT2D eigenvalue weighted by molar-refractivity contribution is -0.143. The van der Waals surface area contributed by atoms with E-state index in [1.54, 1.807) is 18.2 Å². The summed E-state index contributed by atoms with van der Waals surface area (Å²) in [5, 5.41) is 4.10. The van der Waals surface area contributed by atoms with Gasteiger partial charge < -0.3 is 9.64 Å². The van der Waals surface area contributed by atoms with Crippen LogP contribution in [0.5, 0.6) is 5.75 Å². The molecule has 0 bridgehead atoms. The summed E-state index contributed by atoms with van der Waals surface area (Å²) in [5.41, 5.74) is -0.218. The van der Waals surface area contributed by atoms with Crippen molar-refractivity contribution in [3.8, 4) is 5.75 Å². The van der Waals surface area contributed by atoms with Crippen molar-refractivity contribution in [1.29, 1.82) is 0 Å². The Morgan fingerprint density at radius 1 is 1.31 bits per heavy atom. The molecule has 0 spiro atoms. The highest BCUT2D eigenvalue weighted by Crippen LogP contribution is 2.35. The zero-order valence-electron chi connectivity index (χ0n) is 15.8. The van der Waals surface area contributed by atoms with Gasteiger partial charge in [-0.05, 0) is 18.2 Å². The Kier molecular flexibility index (Phi) is 5.88. The summed E-state index contributed by atoms with van der Waals surface area (Å²) in [4.78, 5) is 25.5. The van der Waals surface area contributed by atoms with Crippen LogP contribution < -0.4 is 4.74 Å². The molecule has 1 aliphatic rings. The number of hydrogen-bond donors (Lipinski definition) is 0. The molecule has 1 aliphatic heterocycles. The van der Waals surface area contributed by atoms with Crippen LogP contribution in [0.2, 0.25) is 5.02 Å². The lowest BCUT2D eigenvalue weighted by atomic mass is 10.0. The van der Waals surface area contributed by atoms with Crippen LogP contribution in [-0.2, 0) is 41.7 Å². The summed E-state index contributed by atoms with van der Waals surface area (Å²) in [6.07, 6.45) is -4.53. The number of carbonyl (C=O) groups is 2. The van der Waals surface area contributed by atoms with Gasteiger partial charge >= 0.3 is 6.18 Å². The first-order chi connectivity index (χ1) is 13.6. The van der Waals surface area contributed by atoms with Crippen LogP contribution in [-0.4, -0.2) is 40.0 Å². The third-order valence-corrected chi connectivity index (χ3v) is 5.04. The number of rotatable bonds is 5. The Labute approximate surface area is 170 Å². The maximum absolute atomic E-state index is 13.4. The van der Waals surface area contributed by atoms with Crippen molar-refractivity contribution in [3.63, 3.8) is 0 Å². The van der Waals surface area contributed by atoms with E-state index in [0.29, 0.717) is 22.0 Å². The van der Waals surface area contributed by atoms with E-state index >= 15 is 0 Å². The molecule has 2 aromatic rings. The van der Waals surface area contributed by atoms with Gasteiger partial charge in [-0.25, -0.2) is 0 Å². The van der Waals surface area contributed by atoms with Crippen LogP contribution in [0.3, 0.4) is 0 Å². The molecule has 0 aliphatic carbocycles. The maximum atomic E-state index is 13.4. The molecule has 1 aromatic heterocycles. The number of ketones is 1. The van der Waals surface area contributed by atoms with E-state index < -0.39 is 11.9 Å². The van der Waals surface area contributed by atoms with Gasteiger partial charge in [0.15, 0.2) is 11.5 Å². The molecular weight excluding hydrogens is 411 g/mol. The number of amides is 1. The highest BCUT2D eigenvalue weighted by Gasteiger charge is 2.41. The number of hydrogen-bond acceptors (Lipinski definition) is 4. The average molecular weight is 430 g/mol. The SMILES string of the molecule is COc1ccc(Cl)cc1CC(=O)Cn1nc(C(F)(F)F)c2c1CCN(C(C)=O)C2. The molecule has 0 fully saturated rings. The molecule has 3 rings (SSSR count). The van der Waals surface area contributed by atoms with Crippen LogP contribution in [0.4, 0.5) is 13.2 Å². The first-order valence-electron chi connectivity index (χ1n) is 8.85. The van der Waals surface area contributed by atoms with E-state index in [4.69, 9.17) is 16.3 Å². The van der Waals surface area contributed by atoms with Crippen molar-refractivity contribution in [1.82, 2.24) is 14.7 Å². The molecule has 156 valence electrons. The molecule has 6 nitrogen and oxygen atoms in total. The Hall–Kier alpha value is -2.55. The van der Waals surface area contributed by atoms with Gasteiger partial charge in [0.2, 0.25) is 5.91 Å². The fourth-order valence-corrected chi connectivity index (χ4v) is 3.63. The summed E-state index contributed by atoms with van der Waals surface area (Å²) in [7, 11) is 1.46. The Bertz CT molecular complexity index is 956. The number of alkyl halides is 3. The van der Waals surface area contributed by atoms with E-state index in [9.17, 15) is 22.8 Å². The van der Waals surface area contributed by atoms with Gasteiger partial charge in [-0.3, -0.25) is 14.3 Å². The summed E-state index contributed by atoms with van der Waals surface area (Å²) < 4.78 is 46.7. The Morgan fingerprint density at radius 3 is 2.66 bits per heavy atom. The van der Waals surface area contributed by atoms with Gasteiger partial charge in [0.1, 0.15) is 12.3 Å². The summed E-state index contributed by atoms with van der Waals surface area (Å²) >= 11 is 5.96. The summed E-state index contributed by atoms with van der Waals surface area (Å²) in [6.45, 7) is 1.11. The zero-order chi connectivity index (χ0) is 21.3. The number of methoxy groups -OCH3 is 1. The largest absolute Gasteiger partial charge is 0.496 e.